The summed E-state index contributed by atoms with van der Waals surface area (Å²) < 4.78 is 2.65. The van der Waals surface area contributed by atoms with Gasteiger partial charge < -0.3 is 4.90 Å². The Kier molecular flexibility index (Phi) is 5.43. The van der Waals surface area contributed by atoms with Crippen LogP contribution in [0.15, 0.2) is 71.8 Å². The minimum atomic E-state index is -0.348. The Bertz CT molecular complexity index is 1230. The van der Waals surface area contributed by atoms with E-state index in [9.17, 15) is 9.59 Å². The van der Waals surface area contributed by atoms with Crippen LogP contribution in [0.3, 0.4) is 0 Å². The standard InChI is InChI=1S/C23H23N5O2/c1-3-17-10-12-18(13-11-17)20-14-21-23(30)27(24-16-28(21)25-20)15-22(29)26(4-2)19-8-6-5-7-9-19/h5-14,16H,3-4,15H2,1-2H3. The van der Waals surface area contributed by atoms with Crippen LogP contribution >= 0.6 is 0 Å². The number of hydrogen-bond acceptors (Lipinski definition) is 4. The Morgan fingerprint density at radius 3 is 2.43 bits per heavy atom. The normalized spacial score (nSPS) is 11.0. The minimum absolute atomic E-state index is 0.135. The average Bonchev–Trinajstić information content (AvgIpc) is 3.22. The van der Waals surface area contributed by atoms with Crippen LogP contribution in [0.5, 0.6) is 0 Å². The summed E-state index contributed by atoms with van der Waals surface area (Å²) in [6.07, 6.45) is 2.43. The number of rotatable bonds is 6. The lowest BCUT2D eigenvalue weighted by atomic mass is 10.1. The van der Waals surface area contributed by atoms with Gasteiger partial charge in [-0.2, -0.15) is 10.2 Å². The number of hydrogen-bond donors (Lipinski definition) is 0. The Balaban J connectivity index is 1.63. The van der Waals surface area contributed by atoms with Crippen LogP contribution < -0.4 is 10.5 Å². The first-order valence-corrected chi connectivity index (χ1v) is 10.0. The van der Waals surface area contributed by atoms with Gasteiger partial charge in [-0.15, -0.1) is 0 Å². The summed E-state index contributed by atoms with van der Waals surface area (Å²) in [4.78, 5) is 27.4. The average molecular weight is 401 g/mol. The molecule has 0 aliphatic heterocycles. The first-order chi connectivity index (χ1) is 14.6. The molecule has 7 nitrogen and oxygen atoms in total. The number of nitrogens with zero attached hydrogens (tertiary/aromatic N) is 5. The quantitative estimate of drug-likeness (QED) is 0.497. The van der Waals surface area contributed by atoms with Gasteiger partial charge in [-0.25, -0.2) is 9.20 Å². The summed E-state index contributed by atoms with van der Waals surface area (Å²) in [7, 11) is 0. The van der Waals surface area contributed by atoms with Crippen molar-refractivity contribution in [1.82, 2.24) is 19.4 Å². The number of aromatic nitrogens is 4. The molecule has 152 valence electrons. The molecule has 2 aromatic carbocycles. The van der Waals surface area contributed by atoms with Gasteiger partial charge in [0.05, 0.1) is 5.69 Å². The molecule has 0 aliphatic carbocycles. The van der Waals surface area contributed by atoms with Gasteiger partial charge in [0, 0.05) is 17.8 Å². The largest absolute Gasteiger partial charge is 0.311 e. The monoisotopic (exact) mass is 401 g/mol. The van der Waals surface area contributed by atoms with Crippen LogP contribution in [0.25, 0.3) is 16.8 Å². The summed E-state index contributed by atoms with van der Waals surface area (Å²) in [6, 6.07) is 19.2. The van der Waals surface area contributed by atoms with Crippen LogP contribution in [0.4, 0.5) is 5.69 Å². The molecule has 0 N–H and O–H groups in total. The lowest BCUT2D eigenvalue weighted by molar-refractivity contribution is -0.119. The summed E-state index contributed by atoms with van der Waals surface area (Å²) in [6.45, 7) is 4.37. The predicted octanol–water partition coefficient (Wildman–Crippen LogP) is 3.17. The van der Waals surface area contributed by atoms with E-state index in [2.05, 4.69) is 29.3 Å². The van der Waals surface area contributed by atoms with E-state index in [1.54, 1.807) is 11.0 Å². The number of para-hydroxylation sites is 1. The third-order valence-corrected chi connectivity index (χ3v) is 5.12. The molecule has 0 spiro atoms. The van der Waals surface area contributed by atoms with E-state index in [-0.39, 0.29) is 18.0 Å². The second-order valence-electron chi connectivity index (χ2n) is 6.98. The smallest absolute Gasteiger partial charge is 0.293 e. The molecule has 2 heterocycles. The molecule has 0 fully saturated rings. The first-order valence-electron chi connectivity index (χ1n) is 10.0. The topological polar surface area (TPSA) is 72.5 Å². The van der Waals surface area contributed by atoms with Crippen molar-refractivity contribution in [3.8, 4) is 11.3 Å². The van der Waals surface area contributed by atoms with Crippen molar-refractivity contribution in [2.75, 3.05) is 11.4 Å². The van der Waals surface area contributed by atoms with E-state index in [0.717, 1.165) is 17.7 Å². The molecule has 4 aromatic rings. The van der Waals surface area contributed by atoms with E-state index in [1.165, 1.54) is 21.1 Å². The molecule has 4 rings (SSSR count). The molecular weight excluding hydrogens is 378 g/mol. The molecule has 0 atom stereocenters. The maximum absolute atomic E-state index is 12.9. The third kappa shape index (κ3) is 3.74. The second-order valence-corrected chi connectivity index (χ2v) is 6.98. The van der Waals surface area contributed by atoms with Crippen molar-refractivity contribution in [1.29, 1.82) is 0 Å². The van der Waals surface area contributed by atoms with Crippen molar-refractivity contribution in [3.05, 3.63) is 82.9 Å². The molecule has 0 saturated carbocycles. The summed E-state index contributed by atoms with van der Waals surface area (Å²) in [5.41, 5.74) is 3.69. The number of fused-ring (bicyclic) bond motifs is 1. The molecule has 7 heteroatoms. The highest BCUT2D eigenvalue weighted by Crippen LogP contribution is 2.19. The number of aryl methyl sites for hydroxylation is 1. The number of carbonyl (C=O) groups excluding carboxylic acids is 1. The zero-order valence-electron chi connectivity index (χ0n) is 17.0. The van der Waals surface area contributed by atoms with Gasteiger partial charge >= 0.3 is 0 Å². The molecule has 0 radical (unpaired) electrons. The Hall–Kier alpha value is -3.74. The van der Waals surface area contributed by atoms with E-state index >= 15 is 0 Å². The molecule has 0 bridgehead atoms. The van der Waals surface area contributed by atoms with E-state index in [1.807, 2.05) is 49.4 Å². The van der Waals surface area contributed by atoms with Gasteiger partial charge in [-0.1, -0.05) is 49.4 Å². The van der Waals surface area contributed by atoms with Crippen molar-refractivity contribution in [2.24, 2.45) is 0 Å². The maximum Gasteiger partial charge on any atom is 0.293 e. The molecule has 0 aliphatic rings. The van der Waals surface area contributed by atoms with Gasteiger partial charge in [-0.3, -0.25) is 9.59 Å². The lowest BCUT2D eigenvalue weighted by Gasteiger charge is -2.21. The highest BCUT2D eigenvalue weighted by molar-refractivity contribution is 5.93. The van der Waals surface area contributed by atoms with E-state index in [0.29, 0.717) is 17.8 Å². The fraction of sp³-hybridized carbons (Fsp3) is 0.217. The Labute approximate surface area is 174 Å². The Morgan fingerprint density at radius 2 is 1.77 bits per heavy atom. The number of anilines is 1. The number of likely N-dealkylation sites (N-methyl/N-ethyl adjacent to an activating group) is 1. The number of benzene rings is 2. The summed E-state index contributed by atoms with van der Waals surface area (Å²) in [5, 5.41) is 8.61. The number of carbonyl (C=O) groups is 1. The summed E-state index contributed by atoms with van der Waals surface area (Å²) >= 11 is 0. The Morgan fingerprint density at radius 1 is 1.03 bits per heavy atom. The minimum Gasteiger partial charge on any atom is -0.311 e. The molecule has 1 amide bonds. The molecule has 2 aromatic heterocycles. The predicted molar refractivity (Wildman–Crippen MR) is 117 cm³/mol. The molecule has 0 unspecified atom stereocenters. The van der Waals surface area contributed by atoms with Crippen LogP contribution in [-0.2, 0) is 17.8 Å². The molecular formula is C23H23N5O2. The highest BCUT2D eigenvalue weighted by Gasteiger charge is 2.17. The van der Waals surface area contributed by atoms with Crippen LogP contribution in [0.1, 0.15) is 19.4 Å². The highest BCUT2D eigenvalue weighted by atomic mass is 16.2. The van der Waals surface area contributed by atoms with Crippen LogP contribution in [0, 0.1) is 0 Å². The zero-order chi connectivity index (χ0) is 21.1. The number of amides is 1. The van der Waals surface area contributed by atoms with Gasteiger partial charge in [0.1, 0.15) is 18.4 Å². The van der Waals surface area contributed by atoms with Gasteiger partial charge in [0.2, 0.25) is 5.91 Å². The van der Waals surface area contributed by atoms with Crippen molar-refractivity contribution < 1.29 is 4.79 Å². The van der Waals surface area contributed by atoms with Crippen LogP contribution in [-0.4, -0.2) is 31.8 Å². The lowest BCUT2D eigenvalue weighted by Crippen LogP contribution is -2.37. The van der Waals surface area contributed by atoms with E-state index < -0.39 is 0 Å². The fourth-order valence-corrected chi connectivity index (χ4v) is 3.43. The van der Waals surface area contributed by atoms with Gasteiger partial charge in [0.25, 0.3) is 5.56 Å². The van der Waals surface area contributed by atoms with Crippen molar-refractivity contribution >= 4 is 17.1 Å². The third-order valence-electron chi connectivity index (χ3n) is 5.12. The maximum atomic E-state index is 12.9. The van der Waals surface area contributed by atoms with Gasteiger partial charge in [-0.05, 0) is 37.1 Å². The molecule has 30 heavy (non-hydrogen) atoms. The fourth-order valence-electron chi connectivity index (χ4n) is 3.43. The molecule has 0 saturated heterocycles. The van der Waals surface area contributed by atoms with Crippen molar-refractivity contribution in [3.63, 3.8) is 0 Å². The zero-order valence-corrected chi connectivity index (χ0v) is 17.0. The van der Waals surface area contributed by atoms with Crippen LogP contribution in [0.2, 0.25) is 0 Å². The van der Waals surface area contributed by atoms with Gasteiger partial charge in [0.15, 0.2) is 0 Å². The SMILES string of the molecule is CCc1ccc(-c2cc3c(=O)n(CC(=O)N(CC)c4ccccc4)ncn3n2)cc1. The summed E-state index contributed by atoms with van der Waals surface area (Å²) in [5.74, 6) is -0.197. The van der Waals surface area contributed by atoms with E-state index in [4.69, 9.17) is 0 Å². The first kappa shape index (κ1) is 19.6. The van der Waals surface area contributed by atoms with Crippen molar-refractivity contribution in [2.45, 2.75) is 26.8 Å². The second kappa shape index (κ2) is 8.32.